The molecule has 1 aromatic heterocycles. The lowest BCUT2D eigenvalue weighted by Gasteiger charge is -2.33. The zero-order chi connectivity index (χ0) is 16.2. The molecule has 2 saturated carbocycles. The number of carbonyl (C=O) groups excluding carboxylic acids is 1. The molecule has 128 valence electrons. The third-order valence-electron chi connectivity index (χ3n) is 5.01. The lowest BCUT2D eigenvalue weighted by Crippen LogP contribution is -2.42. The van der Waals surface area contributed by atoms with Gasteiger partial charge in [-0.1, -0.05) is 31.0 Å². The number of carbonyl (C=O) groups is 1. The van der Waals surface area contributed by atoms with Crippen LogP contribution in [-0.2, 0) is 11.3 Å². The van der Waals surface area contributed by atoms with Crippen LogP contribution in [0.4, 0.5) is 0 Å². The summed E-state index contributed by atoms with van der Waals surface area (Å²) in [4.78, 5) is 14.7. The molecule has 1 heterocycles. The molecule has 3 rings (SSSR count). The van der Waals surface area contributed by atoms with E-state index in [2.05, 4.69) is 33.5 Å². The second kappa shape index (κ2) is 7.69. The fourth-order valence-electron chi connectivity index (χ4n) is 3.59. The smallest absolute Gasteiger partial charge is 0.233 e. The normalized spacial score (nSPS) is 19.0. The Morgan fingerprint density at radius 3 is 2.52 bits per heavy atom. The number of hydrogen-bond acceptors (Lipinski definition) is 4. The summed E-state index contributed by atoms with van der Waals surface area (Å²) >= 11 is 1.55. The van der Waals surface area contributed by atoms with E-state index in [0.717, 1.165) is 24.1 Å². The maximum atomic E-state index is 12.6. The summed E-state index contributed by atoms with van der Waals surface area (Å²) in [7, 11) is 0. The van der Waals surface area contributed by atoms with Crippen molar-refractivity contribution in [2.75, 3.05) is 12.3 Å². The van der Waals surface area contributed by atoms with Crippen molar-refractivity contribution in [3.05, 3.63) is 5.82 Å². The van der Waals surface area contributed by atoms with Gasteiger partial charge in [0.15, 0.2) is 5.16 Å². The van der Waals surface area contributed by atoms with E-state index in [4.69, 9.17) is 0 Å². The van der Waals surface area contributed by atoms with Crippen LogP contribution in [0.3, 0.4) is 0 Å². The van der Waals surface area contributed by atoms with E-state index in [1.54, 1.807) is 11.8 Å². The van der Waals surface area contributed by atoms with Crippen molar-refractivity contribution in [2.24, 2.45) is 0 Å². The summed E-state index contributed by atoms with van der Waals surface area (Å²) in [6.07, 6.45) is 8.63. The lowest BCUT2D eigenvalue weighted by molar-refractivity contribution is -0.131. The van der Waals surface area contributed by atoms with Crippen LogP contribution < -0.4 is 0 Å². The summed E-state index contributed by atoms with van der Waals surface area (Å²) in [6, 6.07) is 0.452. The molecule has 0 radical (unpaired) electrons. The molecule has 1 aromatic rings. The van der Waals surface area contributed by atoms with Crippen molar-refractivity contribution in [2.45, 2.75) is 82.5 Å². The topological polar surface area (TPSA) is 51.0 Å². The quantitative estimate of drug-likeness (QED) is 0.716. The highest BCUT2D eigenvalue weighted by Gasteiger charge is 2.30. The highest BCUT2D eigenvalue weighted by atomic mass is 32.2. The molecule has 5 nitrogen and oxygen atoms in total. The van der Waals surface area contributed by atoms with Crippen LogP contribution in [0.5, 0.6) is 0 Å². The van der Waals surface area contributed by atoms with Crippen LogP contribution in [0, 0.1) is 0 Å². The van der Waals surface area contributed by atoms with E-state index in [-0.39, 0.29) is 5.91 Å². The van der Waals surface area contributed by atoms with E-state index in [0.29, 0.717) is 17.7 Å². The van der Waals surface area contributed by atoms with E-state index in [9.17, 15) is 4.79 Å². The van der Waals surface area contributed by atoms with Gasteiger partial charge in [-0.15, -0.1) is 10.2 Å². The molecule has 0 aliphatic heterocycles. The SMILES string of the molecule is CCN(C(=O)CSc1nnc(C2CC2)n1CC)C1CCCCC1. The van der Waals surface area contributed by atoms with Crippen molar-refractivity contribution < 1.29 is 4.79 Å². The monoisotopic (exact) mass is 336 g/mol. The Kier molecular flexibility index (Phi) is 5.62. The number of rotatable bonds is 7. The molecule has 2 fully saturated rings. The van der Waals surface area contributed by atoms with Crippen molar-refractivity contribution >= 4 is 17.7 Å². The first-order chi connectivity index (χ1) is 11.2. The predicted molar refractivity (Wildman–Crippen MR) is 92.7 cm³/mol. The Hall–Kier alpha value is -1.04. The molecule has 23 heavy (non-hydrogen) atoms. The zero-order valence-electron chi connectivity index (χ0n) is 14.3. The highest BCUT2D eigenvalue weighted by Crippen LogP contribution is 2.40. The number of aromatic nitrogens is 3. The summed E-state index contributed by atoms with van der Waals surface area (Å²) in [5.41, 5.74) is 0. The van der Waals surface area contributed by atoms with Crippen molar-refractivity contribution in [3.8, 4) is 0 Å². The maximum absolute atomic E-state index is 12.6. The Morgan fingerprint density at radius 1 is 1.17 bits per heavy atom. The summed E-state index contributed by atoms with van der Waals surface area (Å²) in [5, 5.41) is 9.58. The van der Waals surface area contributed by atoms with Crippen molar-refractivity contribution in [1.29, 1.82) is 0 Å². The molecule has 0 saturated heterocycles. The molecule has 6 heteroatoms. The average molecular weight is 337 g/mol. The van der Waals surface area contributed by atoms with Gasteiger partial charge in [0, 0.05) is 25.0 Å². The predicted octanol–water partition coefficient (Wildman–Crippen LogP) is 3.45. The number of hydrogen-bond donors (Lipinski definition) is 0. The Labute approximate surface area is 143 Å². The lowest BCUT2D eigenvalue weighted by atomic mass is 9.94. The molecule has 0 aromatic carbocycles. The molecule has 1 amide bonds. The van der Waals surface area contributed by atoms with Crippen molar-refractivity contribution in [3.63, 3.8) is 0 Å². The van der Waals surface area contributed by atoms with E-state index < -0.39 is 0 Å². The largest absolute Gasteiger partial charge is 0.339 e. The second-order valence-electron chi connectivity index (χ2n) is 6.62. The van der Waals surface area contributed by atoms with Gasteiger partial charge in [-0.05, 0) is 39.5 Å². The first-order valence-electron chi connectivity index (χ1n) is 9.10. The molecule has 2 aliphatic rings. The molecule has 0 atom stereocenters. The van der Waals surface area contributed by atoms with Crippen LogP contribution in [-0.4, -0.2) is 43.9 Å². The third kappa shape index (κ3) is 3.90. The summed E-state index contributed by atoms with van der Waals surface area (Å²) < 4.78 is 2.19. The molecule has 0 N–H and O–H groups in total. The fourth-order valence-corrected chi connectivity index (χ4v) is 4.48. The molecule has 0 spiro atoms. The van der Waals surface area contributed by atoms with Gasteiger partial charge in [0.2, 0.25) is 5.91 Å². The molecule has 2 aliphatic carbocycles. The van der Waals surface area contributed by atoms with Gasteiger partial charge in [-0.3, -0.25) is 4.79 Å². The van der Waals surface area contributed by atoms with Crippen LogP contribution >= 0.6 is 11.8 Å². The minimum absolute atomic E-state index is 0.253. The van der Waals surface area contributed by atoms with Gasteiger partial charge in [0.05, 0.1) is 5.75 Å². The zero-order valence-corrected chi connectivity index (χ0v) is 15.1. The highest BCUT2D eigenvalue weighted by molar-refractivity contribution is 7.99. The van der Waals surface area contributed by atoms with Crippen molar-refractivity contribution in [1.82, 2.24) is 19.7 Å². The van der Waals surface area contributed by atoms with Crippen LogP contribution in [0.1, 0.15) is 70.5 Å². The first-order valence-corrected chi connectivity index (χ1v) is 10.1. The Balaban J connectivity index is 1.59. The fraction of sp³-hybridized carbons (Fsp3) is 0.824. The summed E-state index contributed by atoms with van der Waals surface area (Å²) in [5.74, 6) is 2.44. The third-order valence-corrected chi connectivity index (χ3v) is 5.96. The van der Waals surface area contributed by atoms with Gasteiger partial charge in [0.25, 0.3) is 0 Å². The Morgan fingerprint density at radius 2 is 1.91 bits per heavy atom. The van der Waals surface area contributed by atoms with E-state index in [1.807, 2.05) is 0 Å². The van der Waals surface area contributed by atoms with Crippen LogP contribution in [0.15, 0.2) is 5.16 Å². The average Bonchev–Trinajstić information content (AvgIpc) is 3.34. The minimum atomic E-state index is 0.253. The Bertz CT molecular complexity index is 535. The van der Waals surface area contributed by atoms with Gasteiger partial charge < -0.3 is 9.47 Å². The number of nitrogens with zero attached hydrogens (tertiary/aromatic N) is 4. The molecular formula is C17H28N4OS. The number of amides is 1. The molecular weight excluding hydrogens is 308 g/mol. The van der Waals surface area contributed by atoms with Gasteiger partial charge in [0.1, 0.15) is 5.82 Å². The summed E-state index contributed by atoms with van der Waals surface area (Å²) in [6.45, 7) is 5.92. The molecule has 0 bridgehead atoms. The van der Waals surface area contributed by atoms with Gasteiger partial charge >= 0.3 is 0 Å². The molecule has 0 unspecified atom stereocenters. The second-order valence-corrected chi connectivity index (χ2v) is 7.56. The van der Waals surface area contributed by atoms with E-state index in [1.165, 1.54) is 44.9 Å². The minimum Gasteiger partial charge on any atom is -0.339 e. The maximum Gasteiger partial charge on any atom is 0.233 e. The van der Waals surface area contributed by atoms with Gasteiger partial charge in [-0.2, -0.15) is 0 Å². The first kappa shape index (κ1) is 16.8. The number of thioether (sulfide) groups is 1. The van der Waals surface area contributed by atoms with E-state index >= 15 is 0 Å². The van der Waals surface area contributed by atoms with Crippen LogP contribution in [0.2, 0.25) is 0 Å². The standard InChI is InChI=1S/C17H28N4OS/c1-3-20(14-8-6-5-7-9-14)15(22)12-23-17-19-18-16(13-10-11-13)21(17)4-2/h13-14H,3-12H2,1-2H3. The van der Waals surface area contributed by atoms with Crippen LogP contribution in [0.25, 0.3) is 0 Å². The van der Waals surface area contributed by atoms with Gasteiger partial charge in [-0.25, -0.2) is 0 Å².